The van der Waals surface area contributed by atoms with Gasteiger partial charge in [0.25, 0.3) is 0 Å². The first-order chi connectivity index (χ1) is 17.4. The van der Waals surface area contributed by atoms with Crippen molar-refractivity contribution in [3.8, 4) is 5.75 Å². The normalized spacial score (nSPS) is 18.4. The van der Waals surface area contributed by atoms with Gasteiger partial charge in [-0.25, -0.2) is 0 Å². The number of ether oxygens (including phenoxy) is 1. The van der Waals surface area contributed by atoms with Crippen molar-refractivity contribution < 1.29 is 19.4 Å². The molecule has 1 fully saturated rings. The molecule has 0 radical (unpaired) electrons. The molecule has 1 atom stereocenters. The van der Waals surface area contributed by atoms with Crippen LogP contribution in [0.3, 0.4) is 0 Å². The van der Waals surface area contributed by atoms with E-state index >= 15 is 0 Å². The van der Waals surface area contributed by atoms with Crippen LogP contribution in [0.15, 0.2) is 67.8 Å². The van der Waals surface area contributed by atoms with Crippen molar-refractivity contribution in [2.45, 2.75) is 18.0 Å². The van der Waals surface area contributed by atoms with Gasteiger partial charge >= 0.3 is 0 Å². The molecule has 186 valence electrons. The number of H-pyrrole nitrogens is 1. The summed E-state index contributed by atoms with van der Waals surface area (Å²) in [6, 6.07) is 13.4. The number of hydrogen-bond acceptors (Lipinski definition) is 5. The summed E-state index contributed by atoms with van der Waals surface area (Å²) in [5.41, 5.74) is 4.60. The Morgan fingerprint density at radius 1 is 1.17 bits per heavy atom. The number of hydrogen-bond donors (Lipinski definition) is 3. The van der Waals surface area contributed by atoms with Gasteiger partial charge < -0.3 is 25.0 Å². The number of aromatic nitrogens is 1. The summed E-state index contributed by atoms with van der Waals surface area (Å²) >= 11 is 0. The Morgan fingerprint density at radius 3 is 2.56 bits per heavy atom. The Labute approximate surface area is 209 Å². The van der Waals surface area contributed by atoms with Crippen LogP contribution in [-0.4, -0.2) is 65.1 Å². The minimum atomic E-state index is -0.260. The highest BCUT2D eigenvalue weighted by molar-refractivity contribution is 5.98. The Morgan fingerprint density at radius 2 is 1.92 bits per heavy atom. The van der Waals surface area contributed by atoms with Crippen molar-refractivity contribution in [2.24, 2.45) is 0 Å². The SMILES string of the molecule is C=CC(=O)Nc1ccc(CN2CC3(CN(C(=O)C=C)C3)c3c([nH]c4cc(OC)ccc34)C2CO)cc1. The molecule has 36 heavy (non-hydrogen) atoms. The lowest BCUT2D eigenvalue weighted by atomic mass is 9.68. The number of nitrogens with one attached hydrogen (secondary N) is 2. The lowest BCUT2D eigenvalue weighted by molar-refractivity contribution is -0.135. The van der Waals surface area contributed by atoms with Crippen LogP contribution < -0.4 is 10.1 Å². The summed E-state index contributed by atoms with van der Waals surface area (Å²) in [5, 5.41) is 14.4. The van der Waals surface area contributed by atoms with Gasteiger partial charge in [0.05, 0.1) is 19.8 Å². The molecule has 8 nitrogen and oxygen atoms in total. The van der Waals surface area contributed by atoms with Gasteiger partial charge in [0.1, 0.15) is 5.75 Å². The minimum absolute atomic E-state index is 0.0458. The Kier molecular flexibility index (Phi) is 6.15. The molecule has 2 amide bonds. The van der Waals surface area contributed by atoms with E-state index in [1.807, 2.05) is 41.3 Å². The zero-order chi connectivity index (χ0) is 25.4. The van der Waals surface area contributed by atoms with E-state index in [1.54, 1.807) is 7.11 Å². The molecule has 2 aromatic carbocycles. The molecule has 8 heteroatoms. The van der Waals surface area contributed by atoms with Gasteiger partial charge in [-0.1, -0.05) is 25.3 Å². The third-order valence-corrected chi connectivity index (χ3v) is 7.28. The molecular formula is C28H30N4O4. The zero-order valence-corrected chi connectivity index (χ0v) is 20.3. The fourth-order valence-corrected chi connectivity index (χ4v) is 5.63. The third-order valence-electron chi connectivity index (χ3n) is 7.28. The summed E-state index contributed by atoms with van der Waals surface area (Å²) in [7, 11) is 1.64. The summed E-state index contributed by atoms with van der Waals surface area (Å²) in [6.45, 7) is 9.55. The van der Waals surface area contributed by atoms with E-state index in [0.717, 1.165) is 27.9 Å². The van der Waals surface area contributed by atoms with Crippen LogP contribution in [0, 0.1) is 0 Å². The first-order valence-corrected chi connectivity index (χ1v) is 11.9. The molecule has 0 saturated carbocycles. The Bertz CT molecular complexity index is 1340. The van der Waals surface area contributed by atoms with Crippen LogP contribution in [-0.2, 0) is 21.5 Å². The average Bonchev–Trinajstić information content (AvgIpc) is 3.26. The number of benzene rings is 2. The Hall–Kier alpha value is -3.88. The van der Waals surface area contributed by atoms with Crippen LogP contribution in [0.25, 0.3) is 10.9 Å². The first kappa shape index (κ1) is 23.8. The van der Waals surface area contributed by atoms with Gasteiger partial charge in [-0.3, -0.25) is 14.5 Å². The van der Waals surface area contributed by atoms with Gasteiger partial charge in [0.15, 0.2) is 0 Å². The highest BCUT2D eigenvalue weighted by atomic mass is 16.5. The highest BCUT2D eigenvalue weighted by Gasteiger charge is 2.53. The predicted octanol–water partition coefficient (Wildman–Crippen LogP) is 3.12. The third kappa shape index (κ3) is 3.98. The zero-order valence-electron chi connectivity index (χ0n) is 20.3. The second-order valence-corrected chi connectivity index (χ2v) is 9.50. The van der Waals surface area contributed by atoms with Crippen molar-refractivity contribution >= 4 is 28.4 Å². The number of rotatable bonds is 7. The number of anilines is 1. The van der Waals surface area contributed by atoms with Crippen molar-refractivity contribution in [3.63, 3.8) is 0 Å². The van der Waals surface area contributed by atoms with Crippen LogP contribution in [0.5, 0.6) is 5.75 Å². The number of aromatic amines is 1. The van der Waals surface area contributed by atoms with Crippen molar-refractivity contribution in [1.29, 1.82) is 0 Å². The molecule has 2 aliphatic heterocycles. The number of amides is 2. The van der Waals surface area contributed by atoms with E-state index in [4.69, 9.17) is 4.74 Å². The van der Waals surface area contributed by atoms with Crippen LogP contribution in [0.4, 0.5) is 5.69 Å². The van der Waals surface area contributed by atoms with E-state index in [9.17, 15) is 14.7 Å². The van der Waals surface area contributed by atoms with Gasteiger partial charge in [0.2, 0.25) is 11.8 Å². The maximum Gasteiger partial charge on any atom is 0.247 e. The van der Waals surface area contributed by atoms with Gasteiger partial charge in [-0.2, -0.15) is 0 Å². The summed E-state index contributed by atoms with van der Waals surface area (Å²) in [4.78, 5) is 31.6. The van der Waals surface area contributed by atoms with E-state index in [1.165, 1.54) is 17.7 Å². The lowest BCUT2D eigenvalue weighted by Gasteiger charge is -2.56. The van der Waals surface area contributed by atoms with E-state index in [0.29, 0.717) is 31.9 Å². The first-order valence-electron chi connectivity index (χ1n) is 11.9. The molecule has 3 N–H and O–H groups in total. The van der Waals surface area contributed by atoms with Gasteiger partial charge in [-0.05, 0) is 47.5 Å². The molecule has 0 bridgehead atoms. The molecule has 1 aromatic heterocycles. The Balaban J connectivity index is 1.51. The lowest BCUT2D eigenvalue weighted by Crippen LogP contribution is -2.67. The molecule has 1 spiro atoms. The number of likely N-dealkylation sites (tertiary alicyclic amines) is 1. The number of aliphatic hydroxyl groups is 1. The quantitative estimate of drug-likeness (QED) is 0.446. The molecule has 1 unspecified atom stereocenters. The second-order valence-electron chi connectivity index (χ2n) is 9.50. The number of carbonyl (C=O) groups is 2. The summed E-state index contributed by atoms with van der Waals surface area (Å²) in [6.07, 6.45) is 2.59. The number of nitrogens with zero attached hydrogens (tertiary/aromatic N) is 2. The molecule has 5 rings (SSSR count). The largest absolute Gasteiger partial charge is 0.497 e. The fraction of sp³-hybridized carbons (Fsp3) is 0.286. The molecule has 3 aromatic rings. The highest BCUT2D eigenvalue weighted by Crippen LogP contribution is 2.49. The maximum absolute atomic E-state index is 12.3. The molecule has 3 heterocycles. The van der Waals surface area contributed by atoms with Crippen molar-refractivity contribution in [3.05, 3.63) is 84.6 Å². The summed E-state index contributed by atoms with van der Waals surface area (Å²) in [5.74, 6) is 0.428. The van der Waals surface area contributed by atoms with Crippen LogP contribution >= 0.6 is 0 Å². The van der Waals surface area contributed by atoms with Crippen LogP contribution in [0.2, 0.25) is 0 Å². The van der Waals surface area contributed by atoms with Crippen molar-refractivity contribution in [1.82, 2.24) is 14.8 Å². The average molecular weight is 487 g/mol. The standard InChI is InChI=1S/C28H30N4O4/c1-4-24(34)29-19-8-6-18(7-9-19)13-31-15-28(16-32(17-28)25(35)5-2)26-21-11-10-20(36-3)12-22(21)30-27(26)23(31)14-33/h4-12,23,30,33H,1-2,13-17H2,3H3,(H,29,34). The number of methoxy groups -OCH3 is 1. The van der Waals surface area contributed by atoms with E-state index < -0.39 is 0 Å². The second kappa shape index (κ2) is 9.29. The summed E-state index contributed by atoms with van der Waals surface area (Å²) < 4.78 is 5.43. The molecule has 2 aliphatic rings. The smallest absolute Gasteiger partial charge is 0.247 e. The maximum atomic E-state index is 12.3. The number of aliphatic hydroxyl groups excluding tert-OH is 1. The number of fused-ring (bicyclic) bond motifs is 4. The minimum Gasteiger partial charge on any atom is -0.497 e. The van der Waals surface area contributed by atoms with E-state index in [2.05, 4.69) is 34.4 Å². The monoisotopic (exact) mass is 486 g/mol. The molecule has 1 saturated heterocycles. The fourth-order valence-electron chi connectivity index (χ4n) is 5.63. The van der Waals surface area contributed by atoms with Crippen LogP contribution in [0.1, 0.15) is 22.9 Å². The molecular weight excluding hydrogens is 456 g/mol. The van der Waals surface area contributed by atoms with E-state index in [-0.39, 0.29) is 29.9 Å². The molecule has 0 aliphatic carbocycles. The number of carbonyl (C=O) groups excluding carboxylic acids is 2. The predicted molar refractivity (Wildman–Crippen MR) is 139 cm³/mol. The van der Waals surface area contributed by atoms with Gasteiger partial charge in [0, 0.05) is 59.9 Å². The van der Waals surface area contributed by atoms with Gasteiger partial charge in [-0.15, -0.1) is 0 Å². The van der Waals surface area contributed by atoms with Crippen molar-refractivity contribution in [2.75, 3.05) is 38.7 Å². The topological polar surface area (TPSA) is 97.9 Å².